The van der Waals surface area contributed by atoms with Crippen molar-refractivity contribution in [2.24, 2.45) is 0 Å². The van der Waals surface area contributed by atoms with Gasteiger partial charge in [-0.25, -0.2) is 4.98 Å². The van der Waals surface area contributed by atoms with Gasteiger partial charge in [0, 0.05) is 31.3 Å². The summed E-state index contributed by atoms with van der Waals surface area (Å²) in [5.41, 5.74) is 9.95. The highest BCUT2D eigenvalue weighted by Crippen LogP contribution is 2.45. The van der Waals surface area contributed by atoms with Crippen LogP contribution in [0.25, 0.3) is 97.7 Å². The number of rotatable bonds is 4. The van der Waals surface area contributed by atoms with Crippen molar-refractivity contribution in [3.63, 3.8) is 0 Å². The molecule has 10 rings (SSSR count). The molecule has 48 heavy (non-hydrogen) atoms. The zero-order chi connectivity index (χ0) is 31.6. The van der Waals surface area contributed by atoms with Gasteiger partial charge >= 0.3 is 0 Å². The van der Waals surface area contributed by atoms with Crippen LogP contribution in [0.5, 0.6) is 0 Å². The number of hydrogen-bond donors (Lipinski definition) is 0. The molecule has 0 unspecified atom stereocenters. The monoisotopic (exact) mass is 629 g/mol. The third-order valence-electron chi connectivity index (χ3n) is 9.49. The maximum atomic E-state index is 6.09. The smallest absolute Gasteiger partial charge is 0.227 e. The van der Waals surface area contributed by atoms with Crippen LogP contribution in [0, 0.1) is 0 Å². The van der Waals surface area contributed by atoms with Crippen LogP contribution in [0.3, 0.4) is 0 Å². The predicted molar refractivity (Wildman–Crippen MR) is 204 cm³/mol. The summed E-state index contributed by atoms with van der Waals surface area (Å²) in [5.74, 6) is 0.639. The van der Waals surface area contributed by atoms with Crippen LogP contribution in [-0.4, -0.2) is 4.98 Å². The fourth-order valence-electron chi connectivity index (χ4n) is 7.06. The molecule has 2 aromatic heterocycles. The van der Waals surface area contributed by atoms with Crippen molar-refractivity contribution in [1.82, 2.24) is 4.98 Å². The Balaban J connectivity index is 1.18. The number of aromatic nitrogens is 1. The highest BCUT2D eigenvalue weighted by Gasteiger charge is 2.17. The molecule has 0 spiro atoms. The lowest BCUT2D eigenvalue weighted by atomic mass is 9.92. The molecule has 2 heterocycles. The molecule has 8 aromatic carbocycles. The minimum atomic E-state index is 0.639. The predicted octanol–water partition coefficient (Wildman–Crippen LogP) is 13.2. The Labute approximate surface area is 281 Å². The summed E-state index contributed by atoms with van der Waals surface area (Å²) in [6, 6.07) is 58.9. The van der Waals surface area contributed by atoms with Gasteiger partial charge in [-0.15, -0.1) is 11.3 Å². The minimum Gasteiger partial charge on any atom is -0.436 e. The molecule has 0 aliphatic carbocycles. The van der Waals surface area contributed by atoms with Gasteiger partial charge in [-0.2, -0.15) is 0 Å². The first-order valence-corrected chi connectivity index (χ1v) is 17.0. The molecule has 0 amide bonds. The normalized spacial score (nSPS) is 11.8. The van der Waals surface area contributed by atoms with E-state index in [1.54, 1.807) is 0 Å². The van der Waals surface area contributed by atoms with Gasteiger partial charge in [0.2, 0.25) is 5.89 Å². The molecule has 0 atom stereocenters. The zero-order valence-electron chi connectivity index (χ0n) is 25.9. The molecule has 224 valence electrons. The van der Waals surface area contributed by atoms with E-state index in [4.69, 9.17) is 9.40 Å². The van der Waals surface area contributed by atoms with E-state index in [0.717, 1.165) is 16.7 Å². The summed E-state index contributed by atoms with van der Waals surface area (Å²) in [5, 5.41) is 7.58. The van der Waals surface area contributed by atoms with Crippen molar-refractivity contribution in [3.8, 4) is 44.8 Å². The number of oxazole rings is 1. The molecule has 10 aromatic rings. The van der Waals surface area contributed by atoms with Crippen LogP contribution >= 0.6 is 11.3 Å². The lowest BCUT2D eigenvalue weighted by Gasteiger charge is -2.12. The van der Waals surface area contributed by atoms with Gasteiger partial charge in [0.15, 0.2) is 5.58 Å². The molecule has 0 fully saturated rings. The minimum absolute atomic E-state index is 0.639. The maximum Gasteiger partial charge on any atom is 0.227 e. The van der Waals surface area contributed by atoms with E-state index >= 15 is 0 Å². The van der Waals surface area contributed by atoms with Crippen LogP contribution in [0.4, 0.5) is 0 Å². The first-order valence-electron chi connectivity index (χ1n) is 16.2. The van der Waals surface area contributed by atoms with E-state index in [1.807, 2.05) is 35.6 Å². The molecular weight excluding hydrogens is 603 g/mol. The Morgan fingerprint density at radius 1 is 0.417 bits per heavy atom. The Morgan fingerprint density at radius 3 is 2.00 bits per heavy atom. The van der Waals surface area contributed by atoms with Gasteiger partial charge in [0.05, 0.1) is 0 Å². The molecule has 3 heteroatoms. The lowest BCUT2D eigenvalue weighted by molar-refractivity contribution is 0.620. The van der Waals surface area contributed by atoms with Gasteiger partial charge in [-0.1, -0.05) is 109 Å². The summed E-state index contributed by atoms with van der Waals surface area (Å²) < 4.78 is 8.67. The Bertz CT molecular complexity index is 2800. The molecule has 0 bridgehead atoms. The van der Waals surface area contributed by atoms with Gasteiger partial charge in [-0.3, -0.25) is 0 Å². The van der Waals surface area contributed by atoms with E-state index in [-0.39, 0.29) is 0 Å². The van der Waals surface area contributed by atoms with Gasteiger partial charge in [-0.05, 0) is 104 Å². The fourth-order valence-corrected chi connectivity index (χ4v) is 8.26. The number of para-hydroxylation sites is 2. The Kier molecular flexibility index (Phi) is 6.08. The molecule has 0 radical (unpaired) electrons. The third-order valence-corrected chi connectivity index (χ3v) is 10.7. The van der Waals surface area contributed by atoms with Crippen molar-refractivity contribution >= 4 is 64.2 Å². The standard InChI is InChI=1S/C45H27NOS/c1-2-10-32-24-33(21-16-28(32)8-1)34-22-23-43-39(25-34)40-27-35(37-13-7-11-29-9-3-4-12-36(29)37)26-38(44(40)48-43)30-17-19-31(20-18-30)45-46-41-14-5-6-15-42(41)47-45/h1-27H. The molecule has 0 aliphatic rings. The number of hydrogen-bond acceptors (Lipinski definition) is 3. The second kappa shape index (κ2) is 10.8. The first-order chi connectivity index (χ1) is 23.7. The topological polar surface area (TPSA) is 26.0 Å². The summed E-state index contributed by atoms with van der Waals surface area (Å²) in [4.78, 5) is 4.73. The van der Waals surface area contributed by atoms with Crippen LogP contribution in [0.1, 0.15) is 0 Å². The van der Waals surface area contributed by atoms with Crippen molar-refractivity contribution < 1.29 is 4.42 Å². The van der Waals surface area contributed by atoms with E-state index in [2.05, 4.69) is 140 Å². The quantitative estimate of drug-likeness (QED) is 0.194. The van der Waals surface area contributed by atoms with E-state index in [9.17, 15) is 0 Å². The lowest BCUT2D eigenvalue weighted by Crippen LogP contribution is -1.86. The molecule has 0 N–H and O–H groups in total. The number of benzene rings is 8. The van der Waals surface area contributed by atoms with Crippen LogP contribution < -0.4 is 0 Å². The number of nitrogens with zero attached hydrogens (tertiary/aromatic N) is 1. The number of fused-ring (bicyclic) bond motifs is 6. The van der Waals surface area contributed by atoms with Crippen molar-refractivity contribution in [2.45, 2.75) is 0 Å². The zero-order valence-corrected chi connectivity index (χ0v) is 26.7. The fraction of sp³-hybridized carbons (Fsp3) is 0. The Morgan fingerprint density at radius 2 is 1.10 bits per heavy atom. The summed E-state index contributed by atoms with van der Waals surface area (Å²) in [6.07, 6.45) is 0. The van der Waals surface area contributed by atoms with Gasteiger partial charge < -0.3 is 4.42 Å². The average Bonchev–Trinajstić information content (AvgIpc) is 3.76. The highest BCUT2D eigenvalue weighted by molar-refractivity contribution is 7.26. The van der Waals surface area contributed by atoms with Crippen molar-refractivity contribution in [3.05, 3.63) is 164 Å². The van der Waals surface area contributed by atoms with Gasteiger partial charge in [0.25, 0.3) is 0 Å². The molecule has 2 nitrogen and oxygen atoms in total. The van der Waals surface area contributed by atoms with Crippen LogP contribution in [0.2, 0.25) is 0 Å². The summed E-state index contributed by atoms with van der Waals surface area (Å²) in [7, 11) is 0. The van der Waals surface area contributed by atoms with E-state index in [1.165, 1.54) is 75.1 Å². The van der Waals surface area contributed by atoms with Crippen LogP contribution in [-0.2, 0) is 0 Å². The van der Waals surface area contributed by atoms with Crippen molar-refractivity contribution in [1.29, 1.82) is 0 Å². The maximum absolute atomic E-state index is 6.09. The van der Waals surface area contributed by atoms with Gasteiger partial charge in [0.1, 0.15) is 5.52 Å². The third kappa shape index (κ3) is 4.44. The summed E-state index contributed by atoms with van der Waals surface area (Å²) in [6.45, 7) is 0. The molecule has 0 aliphatic heterocycles. The molecule has 0 saturated heterocycles. The highest BCUT2D eigenvalue weighted by atomic mass is 32.1. The average molecular weight is 630 g/mol. The van der Waals surface area contributed by atoms with Crippen LogP contribution in [0.15, 0.2) is 168 Å². The largest absolute Gasteiger partial charge is 0.436 e. The Hall–Kier alpha value is -6.03. The molecule has 0 saturated carbocycles. The molecular formula is C45H27NOS. The van der Waals surface area contributed by atoms with Crippen molar-refractivity contribution in [2.75, 3.05) is 0 Å². The van der Waals surface area contributed by atoms with E-state index < -0.39 is 0 Å². The first kappa shape index (κ1) is 27.1. The SMILES string of the molecule is c1ccc2cc(-c3ccc4sc5c(-c6ccc(-c7nc8ccccc8o7)cc6)cc(-c6cccc7ccccc67)cc5c4c3)ccc2c1. The van der Waals surface area contributed by atoms with E-state index in [0.29, 0.717) is 5.89 Å². The second-order valence-electron chi connectivity index (χ2n) is 12.4. The second-order valence-corrected chi connectivity index (χ2v) is 13.4. The summed E-state index contributed by atoms with van der Waals surface area (Å²) >= 11 is 1.87. The number of thiophene rings is 1.